The summed E-state index contributed by atoms with van der Waals surface area (Å²) in [4.78, 5) is 13.8. The average molecular weight is 416 g/mol. The smallest absolute Gasteiger partial charge is 0.251 e. The summed E-state index contributed by atoms with van der Waals surface area (Å²) in [5.74, 6) is -0.0446. The molecule has 4 heteroatoms. The molecule has 0 aromatic heterocycles. The molecule has 0 saturated heterocycles. The van der Waals surface area contributed by atoms with Crippen molar-refractivity contribution in [1.82, 2.24) is 5.32 Å². The van der Waals surface area contributed by atoms with Crippen LogP contribution in [0.15, 0.2) is 53.0 Å². The second-order valence-electron chi connectivity index (χ2n) is 7.37. The maximum atomic E-state index is 12.2. The molecular weight excluding hydrogens is 388 g/mol. The van der Waals surface area contributed by atoms with Gasteiger partial charge >= 0.3 is 0 Å². The number of carbonyl (C=O) groups is 1. The highest BCUT2D eigenvalue weighted by Crippen LogP contribution is 2.16. The zero-order valence-corrected chi connectivity index (χ0v) is 17.0. The molecule has 0 radical (unpaired) electrons. The van der Waals surface area contributed by atoms with Crippen molar-refractivity contribution in [3.63, 3.8) is 0 Å². The molecule has 26 heavy (non-hydrogen) atoms. The molecule has 2 aromatic carbocycles. The molecule has 1 fully saturated rings. The van der Waals surface area contributed by atoms with Crippen LogP contribution in [0.1, 0.15) is 53.6 Å². The molecule has 0 bridgehead atoms. The second kappa shape index (κ2) is 9.33. The highest BCUT2D eigenvalue weighted by Gasteiger charge is 2.21. The van der Waals surface area contributed by atoms with Crippen molar-refractivity contribution in [2.45, 2.75) is 51.2 Å². The van der Waals surface area contributed by atoms with Crippen molar-refractivity contribution in [3.05, 3.63) is 69.7 Å². The van der Waals surface area contributed by atoms with Gasteiger partial charge in [-0.05, 0) is 49.4 Å². The minimum absolute atomic E-state index is 0.0446. The van der Waals surface area contributed by atoms with E-state index in [4.69, 9.17) is 0 Å². The SMILES string of the molecule is C[NH+](Cc1ccc(CNC(=O)c2cccc(Br)c2)cc1)C1CCCCC1. The molecule has 138 valence electrons. The third kappa shape index (κ3) is 5.42. The summed E-state index contributed by atoms with van der Waals surface area (Å²) in [5, 5.41) is 2.99. The van der Waals surface area contributed by atoms with E-state index in [1.165, 1.54) is 37.7 Å². The van der Waals surface area contributed by atoms with E-state index in [0.717, 1.165) is 22.6 Å². The Morgan fingerprint density at radius 2 is 1.77 bits per heavy atom. The van der Waals surface area contributed by atoms with Crippen molar-refractivity contribution in [2.75, 3.05) is 7.05 Å². The van der Waals surface area contributed by atoms with Crippen LogP contribution in [-0.2, 0) is 13.1 Å². The summed E-state index contributed by atoms with van der Waals surface area (Å²) < 4.78 is 0.916. The third-order valence-corrected chi connectivity index (χ3v) is 5.84. The van der Waals surface area contributed by atoms with Gasteiger partial charge in [0.2, 0.25) is 0 Å². The summed E-state index contributed by atoms with van der Waals surface area (Å²) in [5.41, 5.74) is 3.18. The summed E-state index contributed by atoms with van der Waals surface area (Å²) in [6, 6.07) is 16.9. The molecule has 1 aliphatic rings. The molecule has 0 aliphatic heterocycles. The standard InChI is InChI=1S/C22H27BrN2O/c1-25(21-8-3-2-4-9-21)16-18-12-10-17(11-13-18)15-24-22(26)19-6-5-7-20(23)14-19/h5-7,10-14,21H,2-4,8-9,15-16H2,1H3,(H,24,26)/p+1. The van der Waals surface area contributed by atoms with Crippen LogP contribution in [-0.4, -0.2) is 19.0 Å². The topological polar surface area (TPSA) is 33.5 Å². The van der Waals surface area contributed by atoms with E-state index in [1.807, 2.05) is 24.3 Å². The van der Waals surface area contributed by atoms with Crippen LogP contribution in [0, 0.1) is 0 Å². The molecule has 3 nitrogen and oxygen atoms in total. The van der Waals surface area contributed by atoms with E-state index < -0.39 is 0 Å². The Morgan fingerprint density at radius 1 is 1.08 bits per heavy atom. The Kier molecular flexibility index (Phi) is 6.86. The molecule has 0 heterocycles. The molecule has 1 amide bonds. The average Bonchev–Trinajstić information content (AvgIpc) is 2.68. The Bertz CT molecular complexity index is 723. The first-order chi connectivity index (χ1) is 12.6. The van der Waals surface area contributed by atoms with Crippen LogP contribution in [0.5, 0.6) is 0 Å². The molecule has 1 atom stereocenters. The molecular formula is C22H28BrN2O+. The number of quaternary nitrogens is 1. The highest BCUT2D eigenvalue weighted by molar-refractivity contribution is 9.10. The van der Waals surface area contributed by atoms with Gasteiger partial charge in [0.1, 0.15) is 6.54 Å². The minimum Gasteiger partial charge on any atom is -0.348 e. The second-order valence-corrected chi connectivity index (χ2v) is 8.28. The number of halogens is 1. The first kappa shape index (κ1) is 19.1. The van der Waals surface area contributed by atoms with Crippen LogP contribution in [0.4, 0.5) is 0 Å². The van der Waals surface area contributed by atoms with Gasteiger partial charge in [-0.1, -0.05) is 52.7 Å². The van der Waals surface area contributed by atoms with Crippen LogP contribution in [0.25, 0.3) is 0 Å². The predicted octanol–water partition coefficient (Wildman–Crippen LogP) is 3.73. The Balaban J connectivity index is 1.50. The number of hydrogen-bond donors (Lipinski definition) is 2. The Labute approximate surface area is 164 Å². The fourth-order valence-corrected chi connectivity index (χ4v) is 4.15. The molecule has 2 aromatic rings. The van der Waals surface area contributed by atoms with Crippen molar-refractivity contribution < 1.29 is 9.69 Å². The van der Waals surface area contributed by atoms with Crippen LogP contribution in [0.3, 0.4) is 0 Å². The predicted molar refractivity (Wildman–Crippen MR) is 109 cm³/mol. The number of carbonyl (C=O) groups excluding carboxylic acids is 1. The van der Waals surface area contributed by atoms with Crippen molar-refractivity contribution >= 4 is 21.8 Å². The van der Waals surface area contributed by atoms with E-state index in [-0.39, 0.29) is 5.91 Å². The van der Waals surface area contributed by atoms with E-state index >= 15 is 0 Å². The number of rotatable bonds is 6. The molecule has 1 saturated carbocycles. The zero-order valence-electron chi connectivity index (χ0n) is 15.4. The van der Waals surface area contributed by atoms with Crippen LogP contribution < -0.4 is 10.2 Å². The summed E-state index contributed by atoms with van der Waals surface area (Å²) in [6.45, 7) is 1.63. The van der Waals surface area contributed by atoms with E-state index in [1.54, 1.807) is 4.90 Å². The monoisotopic (exact) mass is 415 g/mol. The fourth-order valence-electron chi connectivity index (χ4n) is 3.75. The fraction of sp³-hybridized carbons (Fsp3) is 0.409. The maximum absolute atomic E-state index is 12.2. The van der Waals surface area contributed by atoms with Crippen molar-refractivity contribution in [2.24, 2.45) is 0 Å². The molecule has 1 aliphatic carbocycles. The number of benzene rings is 2. The van der Waals surface area contributed by atoms with Gasteiger partial charge in [0.05, 0.1) is 13.1 Å². The third-order valence-electron chi connectivity index (χ3n) is 5.35. The van der Waals surface area contributed by atoms with E-state index in [2.05, 4.69) is 52.6 Å². The molecule has 0 spiro atoms. The lowest BCUT2D eigenvalue weighted by atomic mass is 9.94. The normalized spacial score (nSPS) is 16.2. The highest BCUT2D eigenvalue weighted by atomic mass is 79.9. The lowest BCUT2D eigenvalue weighted by Crippen LogP contribution is -3.11. The molecule has 2 N–H and O–H groups in total. The lowest BCUT2D eigenvalue weighted by molar-refractivity contribution is -0.921. The van der Waals surface area contributed by atoms with Gasteiger partial charge in [0.25, 0.3) is 5.91 Å². The van der Waals surface area contributed by atoms with E-state index in [9.17, 15) is 4.79 Å². The van der Waals surface area contributed by atoms with E-state index in [0.29, 0.717) is 12.1 Å². The zero-order chi connectivity index (χ0) is 18.4. The summed E-state index contributed by atoms with van der Waals surface area (Å²) in [7, 11) is 2.32. The van der Waals surface area contributed by atoms with Crippen molar-refractivity contribution in [1.29, 1.82) is 0 Å². The maximum Gasteiger partial charge on any atom is 0.251 e. The van der Waals surface area contributed by atoms with Crippen molar-refractivity contribution in [3.8, 4) is 0 Å². The van der Waals surface area contributed by atoms with Gasteiger partial charge in [0.15, 0.2) is 0 Å². The molecule has 1 unspecified atom stereocenters. The van der Waals surface area contributed by atoms with Gasteiger partial charge < -0.3 is 10.2 Å². The lowest BCUT2D eigenvalue weighted by Gasteiger charge is -2.28. The summed E-state index contributed by atoms with van der Waals surface area (Å²) >= 11 is 3.40. The van der Waals surface area contributed by atoms with Gasteiger partial charge in [-0.3, -0.25) is 4.79 Å². The number of nitrogens with one attached hydrogen (secondary N) is 2. The minimum atomic E-state index is -0.0446. The van der Waals surface area contributed by atoms with Crippen LogP contribution >= 0.6 is 15.9 Å². The first-order valence-electron chi connectivity index (χ1n) is 9.56. The Morgan fingerprint density at radius 3 is 2.46 bits per heavy atom. The Hall–Kier alpha value is -1.65. The quantitative estimate of drug-likeness (QED) is 0.740. The number of hydrogen-bond acceptors (Lipinski definition) is 1. The van der Waals surface area contributed by atoms with Crippen LogP contribution in [0.2, 0.25) is 0 Å². The van der Waals surface area contributed by atoms with Gasteiger partial charge in [-0.2, -0.15) is 0 Å². The largest absolute Gasteiger partial charge is 0.348 e. The van der Waals surface area contributed by atoms with Gasteiger partial charge in [-0.15, -0.1) is 0 Å². The van der Waals surface area contributed by atoms with Gasteiger partial charge in [-0.25, -0.2) is 0 Å². The first-order valence-corrected chi connectivity index (χ1v) is 10.3. The summed E-state index contributed by atoms with van der Waals surface area (Å²) in [6.07, 6.45) is 6.92. The number of amides is 1. The molecule has 3 rings (SSSR count). The van der Waals surface area contributed by atoms with Gasteiger partial charge in [0, 0.05) is 22.1 Å².